The molecule has 0 saturated heterocycles. The average Bonchev–Trinajstić information content (AvgIpc) is 2.48. The predicted molar refractivity (Wildman–Crippen MR) is 46.2 cm³/mol. The Morgan fingerprint density at radius 2 is 2.42 bits per heavy atom. The van der Waals surface area contributed by atoms with E-state index in [1.807, 2.05) is 19.1 Å². The predicted octanol–water partition coefficient (Wildman–Crippen LogP) is 1.82. The fraction of sp³-hybridized carbons (Fsp3) is 0.250. The summed E-state index contributed by atoms with van der Waals surface area (Å²) in [4.78, 5) is 12.5. The smallest absolute Gasteiger partial charge is 0.236 e. The van der Waals surface area contributed by atoms with Gasteiger partial charge in [-0.25, -0.2) is 0 Å². The lowest BCUT2D eigenvalue weighted by molar-refractivity contribution is -0.401. The summed E-state index contributed by atoms with van der Waals surface area (Å²) >= 11 is 0. The number of nitrogens with one attached hydrogen (secondary N) is 1. The van der Waals surface area contributed by atoms with Crippen molar-refractivity contribution in [2.45, 2.75) is 13.3 Å². The molecule has 0 aliphatic carbocycles. The van der Waals surface area contributed by atoms with E-state index in [1.54, 1.807) is 0 Å². The number of hydrogen-bond donors (Lipinski definition) is 1. The normalized spacial score (nSPS) is 10.8. The standard InChI is InChI=1S/C8H10N2O2/c1-2-7-3-4-8(9-7)5-6-10(11)12/h3-6,9H,2H2,1H3. The molecular weight excluding hydrogens is 156 g/mol. The van der Waals surface area contributed by atoms with Gasteiger partial charge in [-0.15, -0.1) is 0 Å². The molecule has 0 aliphatic rings. The quantitative estimate of drug-likeness (QED) is 0.550. The van der Waals surface area contributed by atoms with Crippen LogP contribution in [0.4, 0.5) is 0 Å². The molecule has 1 aromatic rings. The van der Waals surface area contributed by atoms with Crippen LogP contribution in [0.5, 0.6) is 0 Å². The monoisotopic (exact) mass is 166 g/mol. The van der Waals surface area contributed by atoms with Gasteiger partial charge in [-0.1, -0.05) is 6.92 Å². The number of aromatic nitrogens is 1. The third kappa shape index (κ3) is 2.23. The molecule has 1 heterocycles. The lowest BCUT2D eigenvalue weighted by atomic mass is 10.3. The van der Waals surface area contributed by atoms with Gasteiger partial charge in [0.15, 0.2) is 0 Å². The maximum absolute atomic E-state index is 9.95. The lowest BCUT2D eigenvalue weighted by Crippen LogP contribution is -1.83. The van der Waals surface area contributed by atoms with Crippen molar-refractivity contribution >= 4 is 6.08 Å². The van der Waals surface area contributed by atoms with Crippen molar-refractivity contribution < 1.29 is 4.92 Å². The van der Waals surface area contributed by atoms with Gasteiger partial charge in [0.2, 0.25) is 6.20 Å². The first-order valence-corrected chi connectivity index (χ1v) is 3.72. The van der Waals surface area contributed by atoms with Crippen LogP contribution < -0.4 is 0 Å². The van der Waals surface area contributed by atoms with Crippen molar-refractivity contribution in [3.63, 3.8) is 0 Å². The summed E-state index contributed by atoms with van der Waals surface area (Å²) in [5.74, 6) is 0. The molecule has 0 radical (unpaired) electrons. The Kier molecular flexibility index (Phi) is 2.63. The molecule has 1 aromatic heterocycles. The van der Waals surface area contributed by atoms with Crippen molar-refractivity contribution in [3.8, 4) is 0 Å². The van der Waals surface area contributed by atoms with E-state index in [9.17, 15) is 10.1 Å². The van der Waals surface area contributed by atoms with Crippen molar-refractivity contribution in [2.24, 2.45) is 0 Å². The molecule has 0 aliphatic heterocycles. The van der Waals surface area contributed by atoms with Crippen molar-refractivity contribution in [2.75, 3.05) is 0 Å². The second-order valence-corrected chi connectivity index (χ2v) is 2.39. The highest BCUT2D eigenvalue weighted by Gasteiger charge is 1.93. The van der Waals surface area contributed by atoms with Gasteiger partial charge in [-0.3, -0.25) is 10.1 Å². The molecule has 0 atom stereocenters. The molecular formula is C8H10N2O2. The lowest BCUT2D eigenvalue weighted by Gasteiger charge is -1.86. The van der Waals surface area contributed by atoms with Gasteiger partial charge in [0.1, 0.15) is 0 Å². The second kappa shape index (κ2) is 3.71. The van der Waals surface area contributed by atoms with E-state index in [1.165, 1.54) is 6.08 Å². The third-order valence-corrected chi connectivity index (χ3v) is 1.53. The number of rotatable bonds is 3. The zero-order valence-corrected chi connectivity index (χ0v) is 6.78. The Balaban J connectivity index is 2.70. The van der Waals surface area contributed by atoms with Crippen molar-refractivity contribution in [1.29, 1.82) is 0 Å². The van der Waals surface area contributed by atoms with Gasteiger partial charge in [0.25, 0.3) is 0 Å². The molecule has 0 fully saturated rings. The molecule has 12 heavy (non-hydrogen) atoms. The summed E-state index contributed by atoms with van der Waals surface area (Å²) in [6.07, 6.45) is 3.27. The summed E-state index contributed by atoms with van der Waals surface area (Å²) in [5.41, 5.74) is 1.85. The summed E-state index contributed by atoms with van der Waals surface area (Å²) in [7, 11) is 0. The van der Waals surface area contributed by atoms with Crippen LogP contribution in [0.3, 0.4) is 0 Å². The van der Waals surface area contributed by atoms with Crippen LogP contribution in [-0.2, 0) is 6.42 Å². The Morgan fingerprint density at radius 1 is 1.67 bits per heavy atom. The Hall–Kier alpha value is -1.58. The minimum absolute atomic E-state index is 0.480. The van der Waals surface area contributed by atoms with Gasteiger partial charge in [0, 0.05) is 17.5 Å². The van der Waals surface area contributed by atoms with E-state index >= 15 is 0 Å². The summed E-state index contributed by atoms with van der Waals surface area (Å²) in [5, 5.41) is 9.95. The van der Waals surface area contributed by atoms with Crippen LogP contribution in [0, 0.1) is 10.1 Å². The minimum atomic E-state index is -0.480. The largest absolute Gasteiger partial charge is 0.359 e. The number of H-pyrrole nitrogens is 1. The third-order valence-electron chi connectivity index (χ3n) is 1.53. The van der Waals surface area contributed by atoms with Gasteiger partial charge < -0.3 is 4.98 Å². The van der Waals surface area contributed by atoms with Crippen LogP contribution in [0.15, 0.2) is 18.3 Å². The average molecular weight is 166 g/mol. The second-order valence-electron chi connectivity index (χ2n) is 2.39. The topological polar surface area (TPSA) is 58.9 Å². The van der Waals surface area contributed by atoms with Crippen LogP contribution in [0.25, 0.3) is 6.08 Å². The molecule has 0 amide bonds. The maximum Gasteiger partial charge on any atom is 0.236 e. The van der Waals surface area contributed by atoms with Gasteiger partial charge in [-0.2, -0.15) is 0 Å². The molecule has 4 heteroatoms. The first kappa shape index (κ1) is 8.52. The zero-order chi connectivity index (χ0) is 8.97. The Morgan fingerprint density at radius 3 is 2.92 bits per heavy atom. The molecule has 0 saturated carbocycles. The SMILES string of the molecule is CCc1ccc(C=C[N+](=O)[O-])[nH]1. The van der Waals surface area contributed by atoms with E-state index in [2.05, 4.69) is 4.98 Å². The van der Waals surface area contributed by atoms with Crippen LogP contribution in [0.1, 0.15) is 18.3 Å². The fourth-order valence-electron chi connectivity index (χ4n) is 0.904. The molecule has 0 aromatic carbocycles. The first-order chi connectivity index (χ1) is 5.72. The Bertz CT molecular complexity index is 302. The van der Waals surface area contributed by atoms with Gasteiger partial charge in [0.05, 0.1) is 4.92 Å². The van der Waals surface area contributed by atoms with E-state index in [4.69, 9.17) is 0 Å². The number of nitro groups is 1. The van der Waals surface area contributed by atoms with Crippen LogP contribution in [0.2, 0.25) is 0 Å². The van der Waals surface area contributed by atoms with Crippen LogP contribution >= 0.6 is 0 Å². The first-order valence-electron chi connectivity index (χ1n) is 3.72. The van der Waals surface area contributed by atoms with Crippen molar-refractivity contribution in [1.82, 2.24) is 4.98 Å². The maximum atomic E-state index is 9.95. The summed E-state index contributed by atoms with van der Waals surface area (Å²) in [6, 6.07) is 3.73. The van der Waals surface area contributed by atoms with Gasteiger partial charge >= 0.3 is 0 Å². The van der Waals surface area contributed by atoms with E-state index in [0.29, 0.717) is 0 Å². The molecule has 0 unspecified atom stereocenters. The number of aryl methyl sites for hydroxylation is 1. The van der Waals surface area contributed by atoms with E-state index in [0.717, 1.165) is 24.0 Å². The van der Waals surface area contributed by atoms with Crippen LogP contribution in [-0.4, -0.2) is 9.91 Å². The number of aromatic amines is 1. The van der Waals surface area contributed by atoms with E-state index in [-0.39, 0.29) is 0 Å². The van der Waals surface area contributed by atoms with E-state index < -0.39 is 4.92 Å². The molecule has 4 nitrogen and oxygen atoms in total. The number of hydrogen-bond acceptors (Lipinski definition) is 2. The highest BCUT2D eigenvalue weighted by atomic mass is 16.6. The number of nitrogens with zero attached hydrogens (tertiary/aromatic N) is 1. The molecule has 0 spiro atoms. The molecule has 1 rings (SSSR count). The minimum Gasteiger partial charge on any atom is -0.359 e. The van der Waals surface area contributed by atoms with Crippen molar-refractivity contribution in [3.05, 3.63) is 39.8 Å². The zero-order valence-electron chi connectivity index (χ0n) is 6.78. The molecule has 1 N–H and O–H groups in total. The summed E-state index contributed by atoms with van der Waals surface area (Å²) < 4.78 is 0. The highest BCUT2D eigenvalue weighted by Crippen LogP contribution is 2.03. The Labute approximate surface area is 70.1 Å². The molecule has 0 bridgehead atoms. The fourth-order valence-corrected chi connectivity index (χ4v) is 0.904. The van der Waals surface area contributed by atoms with Gasteiger partial charge in [-0.05, 0) is 18.6 Å². The summed E-state index contributed by atoms with van der Waals surface area (Å²) in [6.45, 7) is 2.02. The molecule has 64 valence electrons. The highest BCUT2D eigenvalue weighted by molar-refractivity contribution is 5.43.